The summed E-state index contributed by atoms with van der Waals surface area (Å²) < 4.78 is 27.3. The van der Waals surface area contributed by atoms with E-state index in [4.69, 9.17) is 0 Å². The van der Waals surface area contributed by atoms with Crippen LogP contribution in [0.3, 0.4) is 0 Å². The summed E-state index contributed by atoms with van der Waals surface area (Å²) in [4.78, 5) is 0. The molecule has 0 heterocycles. The van der Waals surface area contributed by atoms with E-state index in [1.54, 1.807) is 0 Å². The van der Waals surface area contributed by atoms with Crippen LogP contribution in [0.4, 0.5) is 0 Å². The van der Waals surface area contributed by atoms with Crippen molar-refractivity contribution in [2.24, 2.45) is 11.8 Å². The van der Waals surface area contributed by atoms with E-state index >= 15 is 0 Å². The average Bonchev–Trinajstić information content (AvgIpc) is 2.92. The SMILES string of the molecule is CCCC/C=C\C[C@@H]1C(CNS(=O)(=O)CCc2ccccc2)[C@H](O)C[C@@H]1O. The number of allylic oxidation sites excluding steroid dienone is 2. The molecule has 152 valence electrons. The van der Waals surface area contributed by atoms with E-state index in [2.05, 4.69) is 23.8 Å². The molecule has 0 radical (unpaired) electrons. The van der Waals surface area contributed by atoms with E-state index in [9.17, 15) is 18.6 Å². The summed E-state index contributed by atoms with van der Waals surface area (Å²) in [7, 11) is -3.42. The van der Waals surface area contributed by atoms with Crippen molar-refractivity contribution in [1.82, 2.24) is 4.72 Å². The predicted molar refractivity (Wildman–Crippen MR) is 109 cm³/mol. The Bertz CT molecular complexity index is 675. The number of nitrogens with one attached hydrogen (secondary N) is 1. The molecule has 1 saturated carbocycles. The maximum absolute atomic E-state index is 12.3. The van der Waals surface area contributed by atoms with Crippen LogP contribution in [0.15, 0.2) is 42.5 Å². The van der Waals surface area contributed by atoms with Gasteiger partial charge in [-0.2, -0.15) is 0 Å². The quantitative estimate of drug-likeness (QED) is 0.397. The Kier molecular flexibility index (Phi) is 8.96. The van der Waals surface area contributed by atoms with Gasteiger partial charge in [-0.25, -0.2) is 13.1 Å². The first-order valence-electron chi connectivity index (χ1n) is 9.95. The molecular formula is C21H33NO4S. The first-order valence-corrected chi connectivity index (χ1v) is 11.6. The van der Waals surface area contributed by atoms with E-state index < -0.39 is 22.2 Å². The Morgan fingerprint density at radius 3 is 2.52 bits per heavy atom. The zero-order valence-corrected chi connectivity index (χ0v) is 16.9. The first-order chi connectivity index (χ1) is 12.9. The topological polar surface area (TPSA) is 86.6 Å². The van der Waals surface area contributed by atoms with Crippen molar-refractivity contribution in [3.05, 3.63) is 48.0 Å². The van der Waals surface area contributed by atoms with Crippen molar-refractivity contribution in [3.63, 3.8) is 0 Å². The lowest BCUT2D eigenvalue weighted by Crippen LogP contribution is -2.37. The van der Waals surface area contributed by atoms with Crippen LogP contribution in [0.5, 0.6) is 0 Å². The number of benzene rings is 1. The zero-order chi connectivity index (χ0) is 19.7. The molecule has 0 amide bonds. The minimum Gasteiger partial charge on any atom is -0.393 e. The summed E-state index contributed by atoms with van der Waals surface area (Å²) in [6.45, 7) is 2.31. The Balaban J connectivity index is 1.86. The van der Waals surface area contributed by atoms with Crippen molar-refractivity contribution in [2.45, 2.75) is 57.7 Å². The fourth-order valence-corrected chi connectivity index (χ4v) is 4.77. The standard InChI is InChI=1S/C21H33NO4S/c1-2-3-4-5-9-12-18-19(21(24)15-20(18)23)16-22-27(25,26)14-13-17-10-7-6-8-11-17/h5-11,18-24H,2-4,12-16H2,1H3/b9-5-/t18-,19?,20+,21-/m1/s1. The summed E-state index contributed by atoms with van der Waals surface area (Å²) in [5, 5.41) is 20.5. The number of aliphatic hydroxyl groups is 2. The second kappa shape index (κ2) is 11.0. The maximum Gasteiger partial charge on any atom is 0.211 e. The zero-order valence-electron chi connectivity index (χ0n) is 16.1. The minimum atomic E-state index is -3.42. The molecule has 1 aromatic carbocycles. The van der Waals surface area contributed by atoms with E-state index in [1.807, 2.05) is 30.3 Å². The predicted octanol–water partition coefficient (Wildman–Crippen LogP) is 2.64. The van der Waals surface area contributed by atoms with Gasteiger partial charge in [0.25, 0.3) is 0 Å². The third kappa shape index (κ3) is 7.37. The number of unbranched alkanes of at least 4 members (excludes halogenated alkanes) is 2. The van der Waals surface area contributed by atoms with Crippen LogP contribution >= 0.6 is 0 Å². The van der Waals surface area contributed by atoms with Gasteiger partial charge in [0.15, 0.2) is 0 Å². The third-order valence-corrected chi connectivity index (χ3v) is 6.71. The van der Waals surface area contributed by atoms with Crippen LogP contribution in [0.25, 0.3) is 0 Å². The summed E-state index contributed by atoms with van der Waals surface area (Å²) in [6, 6.07) is 9.51. The number of hydrogen-bond acceptors (Lipinski definition) is 4. The molecule has 1 aliphatic rings. The fraction of sp³-hybridized carbons (Fsp3) is 0.619. The number of hydrogen-bond donors (Lipinski definition) is 3. The smallest absolute Gasteiger partial charge is 0.211 e. The molecule has 1 unspecified atom stereocenters. The number of rotatable bonds is 11. The highest BCUT2D eigenvalue weighted by atomic mass is 32.2. The van der Waals surface area contributed by atoms with Crippen LogP contribution in [0.1, 0.15) is 44.6 Å². The van der Waals surface area contributed by atoms with E-state index in [0.29, 0.717) is 19.3 Å². The second-order valence-electron chi connectivity index (χ2n) is 7.45. The van der Waals surface area contributed by atoms with Gasteiger partial charge in [-0.1, -0.05) is 62.2 Å². The molecule has 0 aliphatic heterocycles. The summed E-state index contributed by atoms with van der Waals surface area (Å²) in [5.74, 6) is -0.360. The van der Waals surface area contributed by atoms with Crippen LogP contribution in [-0.2, 0) is 16.4 Å². The number of aliphatic hydroxyl groups excluding tert-OH is 2. The van der Waals surface area contributed by atoms with Crippen molar-refractivity contribution >= 4 is 10.0 Å². The Morgan fingerprint density at radius 1 is 1.11 bits per heavy atom. The molecule has 4 atom stereocenters. The van der Waals surface area contributed by atoms with Gasteiger partial charge >= 0.3 is 0 Å². The van der Waals surface area contributed by atoms with Crippen molar-refractivity contribution < 1.29 is 18.6 Å². The molecular weight excluding hydrogens is 362 g/mol. The van der Waals surface area contributed by atoms with E-state index in [1.165, 1.54) is 0 Å². The molecule has 2 rings (SSSR count). The summed E-state index contributed by atoms with van der Waals surface area (Å²) in [6.07, 6.45) is 7.62. The minimum absolute atomic E-state index is 0.0178. The lowest BCUT2D eigenvalue weighted by molar-refractivity contribution is 0.119. The summed E-state index contributed by atoms with van der Waals surface area (Å²) in [5.41, 5.74) is 0.981. The largest absolute Gasteiger partial charge is 0.393 e. The monoisotopic (exact) mass is 395 g/mol. The number of sulfonamides is 1. The highest BCUT2D eigenvalue weighted by Gasteiger charge is 2.41. The highest BCUT2D eigenvalue weighted by molar-refractivity contribution is 7.89. The van der Waals surface area contributed by atoms with Crippen LogP contribution in [-0.4, -0.2) is 43.1 Å². The van der Waals surface area contributed by atoms with Gasteiger partial charge in [0.2, 0.25) is 10.0 Å². The fourth-order valence-electron chi connectivity index (χ4n) is 3.67. The molecule has 3 N–H and O–H groups in total. The molecule has 1 aromatic rings. The van der Waals surface area contributed by atoms with Crippen molar-refractivity contribution in [1.29, 1.82) is 0 Å². The Labute approximate surface area is 163 Å². The molecule has 0 aromatic heterocycles. The Hall–Kier alpha value is -1.21. The first kappa shape index (κ1) is 22.1. The van der Waals surface area contributed by atoms with Gasteiger partial charge < -0.3 is 10.2 Å². The van der Waals surface area contributed by atoms with E-state index in [0.717, 1.165) is 24.8 Å². The molecule has 6 heteroatoms. The normalized spacial score (nSPS) is 26.0. The average molecular weight is 396 g/mol. The van der Waals surface area contributed by atoms with Gasteiger partial charge in [0, 0.05) is 12.5 Å². The lowest BCUT2D eigenvalue weighted by Gasteiger charge is -2.22. The number of aryl methyl sites for hydroxylation is 1. The maximum atomic E-state index is 12.3. The van der Waals surface area contributed by atoms with Crippen LogP contribution in [0.2, 0.25) is 0 Å². The van der Waals surface area contributed by atoms with Gasteiger partial charge in [0.1, 0.15) is 0 Å². The lowest BCUT2D eigenvalue weighted by atomic mass is 9.90. The van der Waals surface area contributed by atoms with E-state index in [-0.39, 0.29) is 24.1 Å². The van der Waals surface area contributed by atoms with Crippen LogP contribution < -0.4 is 4.72 Å². The van der Waals surface area contributed by atoms with Gasteiger partial charge in [-0.05, 0) is 37.2 Å². The van der Waals surface area contributed by atoms with Crippen molar-refractivity contribution in [2.75, 3.05) is 12.3 Å². The van der Waals surface area contributed by atoms with Gasteiger partial charge in [-0.15, -0.1) is 0 Å². The molecule has 1 aliphatic carbocycles. The molecule has 5 nitrogen and oxygen atoms in total. The molecule has 1 fully saturated rings. The Morgan fingerprint density at radius 2 is 1.81 bits per heavy atom. The molecule has 27 heavy (non-hydrogen) atoms. The van der Waals surface area contributed by atoms with Crippen LogP contribution in [0, 0.1) is 11.8 Å². The van der Waals surface area contributed by atoms with Gasteiger partial charge in [-0.3, -0.25) is 0 Å². The van der Waals surface area contributed by atoms with Gasteiger partial charge in [0.05, 0.1) is 18.0 Å². The highest BCUT2D eigenvalue weighted by Crippen LogP contribution is 2.35. The molecule has 0 saturated heterocycles. The molecule has 0 spiro atoms. The van der Waals surface area contributed by atoms with Crippen molar-refractivity contribution in [3.8, 4) is 0 Å². The second-order valence-corrected chi connectivity index (χ2v) is 9.38. The summed E-state index contributed by atoms with van der Waals surface area (Å²) >= 11 is 0. The third-order valence-electron chi connectivity index (χ3n) is 5.36. The molecule has 0 bridgehead atoms.